The quantitative estimate of drug-likeness (QED) is 0.848. The maximum Gasteiger partial charge on any atom is 0.242 e. The topological polar surface area (TPSA) is 86.0 Å². The molecule has 0 atom stereocenters. The molecule has 3 N–H and O–H groups in total. The van der Waals surface area contributed by atoms with E-state index in [-0.39, 0.29) is 0 Å². The largest absolute Gasteiger partial charge is 0.476 e. The van der Waals surface area contributed by atoms with Crippen molar-refractivity contribution in [1.82, 2.24) is 15.0 Å². The van der Waals surface area contributed by atoms with E-state index in [0.717, 1.165) is 5.56 Å². The van der Waals surface area contributed by atoms with E-state index >= 15 is 0 Å². The number of nitrogen functional groups attached to an aromatic ring is 1. The van der Waals surface area contributed by atoms with Crippen LogP contribution in [-0.2, 0) is 6.54 Å². The van der Waals surface area contributed by atoms with Gasteiger partial charge < -0.3 is 15.8 Å². The van der Waals surface area contributed by atoms with Crippen LogP contribution in [-0.4, -0.2) is 21.6 Å². The molecule has 6 nitrogen and oxygen atoms in total. The van der Waals surface area contributed by atoms with E-state index in [9.17, 15) is 0 Å². The molecule has 0 fully saturated rings. The predicted octanol–water partition coefficient (Wildman–Crippen LogP) is 2.41. The van der Waals surface area contributed by atoms with Gasteiger partial charge in [0.2, 0.25) is 5.88 Å². The molecule has 112 valence electrons. The SMILES string of the molecule is Cc1nc(NCc2cccnc2)c(N)c(OCC(C)C)n1. The first-order chi connectivity index (χ1) is 10.1. The lowest BCUT2D eigenvalue weighted by molar-refractivity contribution is 0.262. The fourth-order valence-corrected chi connectivity index (χ4v) is 1.73. The molecule has 0 amide bonds. The number of pyridine rings is 1. The van der Waals surface area contributed by atoms with Gasteiger partial charge in [0, 0.05) is 18.9 Å². The predicted molar refractivity (Wildman–Crippen MR) is 83.1 cm³/mol. The van der Waals surface area contributed by atoms with E-state index in [4.69, 9.17) is 10.5 Å². The second-order valence-corrected chi connectivity index (χ2v) is 5.26. The Bertz CT molecular complexity index is 586. The normalized spacial score (nSPS) is 10.7. The molecule has 2 heterocycles. The number of anilines is 2. The molecule has 0 saturated carbocycles. The van der Waals surface area contributed by atoms with E-state index < -0.39 is 0 Å². The Morgan fingerprint density at radius 1 is 1.33 bits per heavy atom. The number of ether oxygens (including phenoxy) is 1. The van der Waals surface area contributed by atoms with Crippen LogP contribution in [0, 0.1) is 12.8 Å². The van der Waals surface area contributed by atoms with Crippen molar-refractivity contribution >= 4 is 11.5 Å². The molecule has 0 aliphatic rings. The summed E-state index contributed by atoms with van der Waals surface area (Å²) < 4.78 is 5.64. The molecule has 2 aromatic rings. The lowest BCUT2D eigenvalue weighted by Crippen LogP contribution is -2.12. The Labute approximate surface area is 124 Å². The van der Waals surface area contributed by atoms with E-state index in [1.807, 2.05) is 19.1 Å². The zero-order chi connectivity index (χ0) is 15.2. The summed E-state index contributed by atoms with van der Waals surface area (Å²) in [5.74, 6) is 2.05. The lowest BCUT2D eigenvalue weighted by Gasteiger charge is -2.14. The number of hydrogen-bond donors (Lipinski definition) is 2. The number of hydrogen-bond acceptors (Lipinski definition) is 6. The molecule has 0 aliphatic carbocycles. The number of aromatic nitrogens is 3. The fraction of sp³-hybridized carbons (Fsp3) is 0.400. The van der Waals surface area contributed by atoms with Gasteiger partial charge in [-0.05, 0) is 24.5 Å². The Balaban J connectivity index is 2.11. The Hall–Kier alpha value is -2.37. The number of nitrogens with two attached hydrogens (primary N) is 1. The fourth-order valence-electron chi connectivity index (χ4n) is 1.73. The third-order valence-corrected chi connectivity index (χ3v) is 2.76. The Kier molecular flexibility index (Phi) is 4.92. The molecule has 0 aromatic carbocycles. The highest BCUT2D eigenvalue weighted by Gasteiger charge is 2.12. The minimum atomic E-state index is 0.409. The average molecular weight is 287 g/mol. The Morgan fingerprint density at radius 3 is 2.81 bits per heavy atom. The number of rotatable bonds is 6. The van der Waals surface area contributed by atoms with Gasteiger partial charge >= 0.3 is 0 Å². The first-order valence-corrected chi connectivity index (χ1v) is 6.96. The molecule has 0 saturated heterocycles. The van der Waals surface area contributed by atoms with Crippen LogP contribution in [0.2, 0.25) is 0 Å². The van der Waals surface area contributed by atoms with Gasteiger partial charge in [0.05, 0.1) is 6.61 Å². The van der Waals surface area contributed by atoms with Crippen molar-refractivity contribution in [3.8, 4) is 5.88 Å². The number of nitrogens with one attached hydrogen (secondary N) is 1. The third kappa shape index (κ3) is 4.30. The highest BCUT2D eigenvalue weighted by molar-refractivity contribution is 5.66. The molecule has 0 radical (unpaired) electrons. The van der Waals surface area contributed by atoms with Crippen LogP contribution < -0.4 is 15.8 Å². The van der Waals surface area contributed by atoms with Crippen molar-refractivity contribution in [2.24, 2.45) is 5.92 Å². The van der Waals surface area contributed by atoms with Gasteiger partial charge in [0.15, 0.2) is 5.82 Å². The standard InChI is InChI=1S/C15H21N5O/c1-10(2)9-21-15-13(16)14(19-11(3)20-15)18-8-12-5-4-6-17-7-12/h4-7,10H,8-9,16H2,1-3H3,(H,18,19,20). The van der Waals surface area contributed by atoms with E-state index in [1.165, 1.54) is 0 Å². The van der Waals surface area contributed by atoms with E-state index in [0.29, 0.717) is 42.3 Å². The van der Waals surface area contributed by atoms with Gasteiger partial charge in [-0.3, -0.25) is 4.98 Å². The summed E-state index contributed by atoms with van der Waals surface area (Å²) >= 11 is 0. The van der Waals surface area contributed by atoms with Crippen molar-refractivity contribution < 1.29 is 4.74 Å². The Morgan fingerprint density at radius 2 is 2.14 bits per heavy atom. The molecule has 2 aromatic heterocycles. The van der Waals surface area contributed by atoms with Crippen molar-refractivity contribution in [3.63, 3.8) is 0 Å². The van der Waals surface area contributed by atoms with Gasteiger partial charge in [0.1, 0.15) is 11.5 Å². The van der Waals surface area contributed by atoms with Crippen molar-refractivity contribution in [1.29, 1.82) is 0 Å². The van der Waals surface area contributed by atoms with Crippen LogP contribution in [0.5, 0.6) is 5.88 Å². The van der Waals surface area contributed by atoms with Crippen molar-refractivity contribution in [3.05, 3.63) is 35.9 Å². The van der Waals surface area contributed by atoms with Crippen LogP contribution in [0.3, 0.4) is 0 Å². The molecule has 0 bridgehead atoms. The molecular weight excluding hydrogens is 266 g/mol. The molecule has 0 aliphatic heterocycles. The molecule has 6 heteroatoms. The average Bonchev–Trinajstić information content (AvgIpc) is 2.47. The molecular formula is C15H21N5O. The highest BCUT2D eigenvalue weighted by atomic mass is 16.5. The maximum absolute atomic E-state index is 6.07. The van der Waals surface area contributed by atoms with Crippen LogP contribution in [0.15, 0.2) is 24.5 Å². The second-order valence-electron chi connectivity index (χ2n) is 5.26. The summed E-state index contributed by atoms with van der Waals surface area (Å²) in [5.41, 5.74) is 7.56. The highest BCUT2D eigenvalue weighted by Crippen LogP contribution is 2.26. The van der Waals surface area contributed by atoms with Gasteiger partial charge in [-0.25, -0.2) is 4.98 Å². The number of aryl methyl sites for hydroxylation is 1. The van der Waals surface area contributed by atoms with E-state index in [2.05, 4.69) is 34.1 Å². The van der Waals surface area contributed by atoms with Gasteiger partial charge in [-0.1, -0.05) is 19.9 Å². The van der Waals surface area contributed by atoms with Gasteiger partial charge in [-0.2, -0.15) is 4.98 Å². The third-order valence-electron chi connectivity index (χ3n) is 2.76. The summed E-state index contributed by atoms with van der Waals surface area (Å²) in [5, 5.41) is 3.20. The van der Waals surface area contributed by atoms with Crippen LogP contribution in [0.1, 0.15) is 25.2 Å². The summed E-state index contributed by atoms with van der Waals surface area (Å²) in [7, 11) is 0. The van der Waals surface area contributed by atoms with E-state index in [1.54, 1.807) is 12.4 Å². The van der Waals surface area contributed by atoms with Crippen LogP contribution in [0.25, 0.3) is 0 Å². The zero-order valence-electron chi connectivity index (χ0n) is 12.6. The first kappa shape index (κ1) is 15.0. The molecule has 21 heavy (non-hydrogen) atoms. The summed E-state index contributed by atoms with van der Waals surface area (Å²) in [6, 6.07) is 3.88. The summed E-state index contributed by atoms with van der Waals surface area (Å²) in [6.07, 6.45) is 3.54. The number of nitrogens with zero attached hydrogens (tertiary/aromatic N) is 3. The molecule has 0 unspecified atom stereocenters. The molecule has 2 rings (SSSR count). The lowest BCUT2D eigenvalue weighted by atomic mass is 10.2. The van der Waals surface area contributed by atoms with Crippen LogP contribution >= 0.6 is 0 Å². The maximum atomic E-state index is 6.07. The van der Waals surface area contributed by atoms with Gasteiger partial charge in [0.25, 0.3) is 0 Å². The van der Waals surface area contributed by atoms with Crippen molar-refractivity contribution in [2.45, 2.75) is 27.3 Å². The monoisotopic (exact) mass is 287 g/mol. The van der Waals surface area contributed by atoms with Gasteiger partial charge in [-0.15, -0.1) is 0 Å². The summed E-state index contributed by atoms with van der Waals surface area (Å²) in [6.45, 7) is 7.13. The smallest absolute Gasteiger partial charge is 0.242 e. The summed E-state index contributed by atoms with van der Waals surface area (Å²) in [4.78, 5) is 12.7. The zero-order valence-corrected chi connectivity index (χ0v) is 12.6. The minimum Gasteiger partial charge on any atom is -0.476 e. The second kappa shape index (κ2) is 6.88. The van der Waals surface area contributed by atoms with Crippen LogP contribution in [0.4, 0.5) is 11.5 Å². The van der Waals surface area contributed by atoms with Crippen molar-refractivity contribution in [2.75, 3.05) is 17.7 Å². The molecule has 0 spiro atoms. The first-order valence-electron chi connectivity index (χ1n) is 6.96. The minimum absolute atomic E-state index is 0.409.